The first-order valence-electron chi connectivity index (χ1n) is 11.4. The SMILES string of the molecule is COc1cc2nccc(C)c2cc1OC.Cc1cccc(OCCNc2ccc(C)c(C)c2)c1. The third-order valence-corrected chi connectivity index (χ3v) is 5.66. The van der Waals surface area contributed by atoms with E-state index in [-0.39, 0.29) is 0 Å². The van der Waals surface area contributed by atoms with Gasteiger partial charge in [0.15, 0.2) is 11.5 Å². The number of aromatic nitrogens is 1. The Balaban J connectivity index is 0.000000196. The molecular weight excluding hydrogens is 424 g/mol. The molecule has 4 aromatic rings. The number of rotatable bonds is 7. The molecule has 0 aliphatic heterocycles. The Morgan fingerprint density at radius 3 is 2.24 bits per heavy atom. The van der Waals surface area contributed by atoms with E-state index in [0.29, 0.717) is 12.4 Å². The molecule has 1 heterocycles. The molecule has 0 aliphatic rings. The summed E-state index contributed by atoms with van der Waals surface area (Å²) >= 11 is 0. The first kappa shape index (κ1) is 24.9. The minimum Gasteiger partial charge on any atom is -0.493 e. The van der Waals surface area contributed by atoms with Gasteiger partial charge in [-0.1, -0.05) is 18.2 Å². The quantitative estimate of drug-likeness (QED) is 0.314. The number of aryl methyl sites for hydroxylation is 4. The molecule has 4 rings (SSSR count). The van der Waals surface area contributed by atoms with Gasteiger partial charge in [-0.05, 0) is 86.3 Å². The second-order valence-corrected chi connectivity index (χ2v) is 8.24. The Labute approximate surface area is 202 Å². The highest BCUT2D eigenvalue weighted by Gasteiger charge is 2.07. The van der Waals surface area contributed by atoms with Crippen LogP contribution in [-0.2, 0) is 0 Å². The van der Waals surface area contributed by atoms with E-state index in [1.54, 1.807) is 20.4 Å². The van der Waals surface area contributed by atoms with Gasteiger partial charge in [-0.15, -0.1) is 0 Å². The van der Waals surface area contributed by atoms with E-state index in [1.807, 2.05) is 30.3 Å². The zero-order valence-corrected chi connectivity index (χ0v) is 20.9. The number of fused-ring (bicyclic) bond motifs is 1. The van der Waals surface area contributed by atoms with Crippen molar-refractivity contribution in [2.45, 2.75) is 27.7 Å². The van der Waals surface area contributed by atoms with Crippen LogP contribution in [0.15, 0.2) is 66.9 Å². The third kappa shape index (κ3) is 6.64. The predicted molar refractivity (Wildman–Crippen MR) is 141 cm³/mol. The van der Waals surface area contributed by atoms with Gasteiger partial charge in [0.05, 0.1) is 19.7 Å². The maximum atomic E-state index is 5.70. The van der Waals surface area contributed by atoms with Gasteiger partial charge in [0, 0.05) is 29.9 Å². The monoisotopic (exact) mass is 458 g/mol. The Morgan fingerprint density at radius 1 is 0.765 bits per heavy atom. The molecule has 0 unspecified atom stereocenters. The van der Waals surface area contributed by atoms with Crippen LogP contribution < -0.4 is 19.5 Å². The van der Waals surface area contributed by atoms with Crippen molar-refractivity contribution in [1.82, 2.24) is 4.98 Å². The molecule has 0 spiro atoms. The van der Waals surface area contributed by atoms with E-state index in [1.165, 1.54) is 22.3 Å². The summed E-state index contributed by atoms with van der Waals surface area (Å²) in [5, 5.41) is 4.47. The number of ether oxygens (including phenoxy) is 3. The molecule has 1 aromatic heterocycles. The molecule has 0 saturated heterocycles. The van der Waals surface area contributed by atoms with Crippen molar-refractivity contribution in [2.24, 2.45) is 0 Å². The van der Waals surface area contributed by atoms with Gasteiger partial charge in [0.1, 0.15) is 12.4 Å². The molecule has 5 heteroatoms. The van der Waals surface area contributed by atoms with Crippen LogP contribution in [-0.4, -0.2) is 32.4 Å². The minimum atomic E-state index is 0.663. The molecule has 0 bridgehead atoms. The van der Waals surface area contributed by atoms with E-state index in [0.717, 1.165) is 34.6 Å². The number of hydrogen-bond donors (Lipinski definition) is 1. The van der Waals surface area contributed by atoms with Crippen molar-refractivity contribution in [1.29, 1.82) is 0 Å². The maximum absolute atomic E-state index is 5.70. The molecular formula is C29H34N2O3. The van der Waals surface area contributed by atoms with Crippen LogP contribution in [0.1, 0.15) is 22.3 Å². The number of benzene rings is 3. The van der Waals surface area contributed by atoms with E-state index in [4.69, 9.17) is 14.2 Å². The first-order valence-corrected chi connectivity index (χ1v) is 11.4. The summed E-state index contributed by atoms with van der Waals surface area (Å²) in [5.74, 6) is 2.38. The van der Waals surface area contributed by atoms with Crippen LogP contribution in [0.3, 0.4) is 0 Å². The Morgan fingerprint density at radius 2 is 1.53 bits per heavy atom. The second kappa shape index (κ2) is 11.9. The van der Waals surface area contributed by atoms with Crippen LogP contribution in [0.5, 0.6) is 17.2 Å². The van der Waals surface area contributed by atoms with Gasteiger partial charge in [0.25, 0.3) is 0 Å². The smallest absolute Gasteiger partial charge is 0.162 e. The molecule has 3 aromatic carbocycles. The molecule has 34 heavy (non-hydrogen) atoms. The lowest BCUT2D eigenvalue weighted by Crippen LogP contribution is -2.11. The third-order valence-electron chi connectivity index (χ3n) is 5.66. The van der Waals surface area contributed by atoms with E-state index in [9.17, 15) is 0 Å². The van der Waals surface area contributed by atoms with E-state index < -0.39 is 0 Å². The zero-order valence-electron chi connectivity index (χ0n) is 20.9. The largest absolute Gasteiger partial charge is 0.493 e. The van der Waals surface area contributed by atoms with Gasteiger partial charge in [-0.25, -0.2) is 0 Å². The summed E-state index contributed by atoms with van der Waals surface area (Å²) in [6, 6.07) is 20.4. The zero-order chi connectivity index (χ0) is 24.5. The van der Waals surface area contributed by atoms with Crippen LogP contribution in [0.25, 0.3) is 10.9 Å². The Kier molecular flexibility index (Phi) is 8.74. The Hall–Kier alpha value is -3.73. The molecule has 5 nitrogen and oxygen atoms in total. The predicted octanol–water partition coefficient (Wildman–Crippen LogP) is 6.66. The normalized spacial score (nSPS) is 10.3. The number of nitrogens with zero attached hydrogens (tertiary/aromatic N) is 1. The molecule has 178 valence electrons. The van der Waals surface area contributed by atoms with Gasteiger partial charge in [-0.3, -0.25) is 4.98 Å². The van der Waals surface area contributed by atoms with Crippen molar-refractivity contribution < 1.29 is 14.2 Å². The fourth-order valence-corrected chi connectivity index (χ4v) is 3.53. The molecule has 1 N–H and O–H groups in total. The highest BCUT2D eigenvalue weighted by atomic mass is 16.5. The minimum absolute atomic E-state index is 0.663. The summed E-state index contributed by atoms with van der Waals surface area (Å²) in [6.45, 7) is 9.84. The lowest BCUT2D eigenvalue weighted by molar-refractivity contribution is 0.332. The van der Waals surface area contributed by atoms with Crippen molar-refractivity contribution >= 4 is 16.6 Å². The number of hydrogen-bond acceptors (Lipinski definition) is 5. The average Bonchev–Trinajstić information content (AvgIpc) is 2.84. The van der Waals surface area contributed by atoms with Crippen LogP contribution >= 0.6 is 0 Å². The summed E-state index contributed by atoms with van der Waals surface area (Å²) < 4.78 is 16.2. The maximum Gasteiger partial charge on any atom is 0.162 e. The fraction of sp³-hybridized carbons (Fsp3) is 0.276. The number of nitrogens with one attached hydrogen (secondary N) is 1. The number of anilines is 1. The molecule has 0 aliphatic carbocycles. The highest BCUT2D eigenvalue weighted by Crippen LogP contribution is 2.32. The van der Waals surface area contributed by atoms with Gasteiger partial charge >= 0.3 is 0 Å². The molecule has 0 atom stereocenters. The van der Waals surface area contributed by atoms with Gasteiger partial charge in [0.2, 0.25) is 0 Å². The van der Waals surface area contributed by atoms with E-state index in [2.05, 4.69) is 68.3 Å². The van der Waals surface area contributed by atoms with E-state index >= 15 is 0 Å². The van der Waals surface area contributed by atoms with Crippen molar-refractivity contribution in [3.05, 3.63) is 89.1 Å². The Bertz CT molecular complexity index is 1240. The summed E-state index contributed by atoms with van der Waals surface area (Å²) in [7, 11) is 3.26. The average molecular weight is 459 g/mol. The standard InChI is InChI=1S/C17H21NO.C12H13NO2/c1-13-5-4-6-17(11-13)19-10-9-18-16-8-7-14(2)15(3)12-16;1-8-4-5-13-10-7-12(15-3)11(14-2)6-9(8)10/h4-8,11-12,18H,9-10H2,1-3H3;4-7H,1-3H3. The molecule has 0 fully saturated rings. The summed E-state index contributed by atoms with van der Waals surface area (Å²) in [6.07, 6.45) is 1.80. The van der Waals surface area contributed by atoms with Crippen molar-refractivity contribution in [3.8, 4) is 17.2 Å². The van der Waals surface area contributed by atoms with Crippen molar-refractivity contribution in [3.63, 3.8) is 0 Å². The number of pyridine rings is 1. The summed E-state index contributed by atoms with van der Waals surface area (Å²) in [5.41, 5.74) is 7.11. The number of methoxy groups -OCH3 is 2. The topological polar surface area (TPSA) is 52.6 Å². The van der Waals surface area contributed by atoms with Crippen LogP contribution in [0.4, 0.5) is 5.69 Å². The first-order chi connectivity index (χ1) is 16.4. The lowest BCUT2D eigenvalue weighted by Gasteiger charge is -2.10. The van der Waals surface area contributed by atoms with Crippen molar-refractivity contribution in [2.75, 3.05) is 32.7 Å². The fourth-order valence-electron chi connectivity index (χ4n) is 3.53. The second-order valence-electron chi connectivity index (χ2n) is 8.24. The summed E-state index contributed by atoms with van der Waals surface area (Å²) in [4.78, 5) is 4.29. The lowest BCUT2D eigenvalue weighted by atomic mass is 10.1. The molecule has 0 saturated carbocycles. The highest BCUT2D eigenvalue weighted by molar-refractivity contribution is 5.85. The molecule has 0 radical (unpaired) electrons. The van der Waals surface area contributed by atoms with Gasteiger partial charge < -0.3 is 19.5 Å². The van der Waals surface area contributed by atoms with Crippen LogP contribution in [0.2, 0.25) is 0 Å². The van der Waals surface area contributed by atoms with Gasteiger partial charge in [-0.2, -0.15) is 0 Å². The van der Waals surface area contributed by atoms with Crippen LogP contribution in [0, 0.1) is 27.7 Å². The molecule has 0 amide bonds.